The molecule has 1 aromatic heterocycles. The van der Waals surface area contributed by atoms with E-state index in [-0.39, 0.29) is 5.91 Å². The molecule has 0 radical (unpaired) electrons. The van der Waals surface area contributed by atoms with Crippen LogP contribution in [0.5, 0.6) is 11.5 Å². The molecule has 122 valence electrons. The van der Waals surface area contributed by atoms with Gasteiger partial charge in [-0.15, -0.1) is 11.8 Å². The van der Waals surface area contributed by atoms with Gasteiger partial charge in [0.05, 0.1) is 36.4 Å². The van der Waals surface area contributed by atoms with Crippen LogP contribution >= 0.6 is 23.4 Å². The normalized spacial score (nSPS) is 10.2. The molecule has 0 saturated carbocycles. The number of thioether (sulfide) groups is 1. The van der Waals surface area contributed by atoms with Crippen molar-refractivity contribution >= 4 is 35.0 Å². The smallest absolute Gasteiger partial charge is 0.234 e. The quantitative estimate of drug-likeness (QED) is 0.824. The standard InChI is InChI=1S/C16H17ClN2O3S/c1-21-14-8-13(15(22-2)7-12(14)17)19-16(20)10-23-9-11-5-3-4-6-18-11/h3-8H,9-10H2,1-2H3,(H,19,20). The molecule has 0 saturated heterocycles. The lowest BCUT2D eigenvalue weighted by Gasteiger charge is -2.13. The fourth-order valence-electron chi connectivity index (χ4n) is 1.88. The number of hydrogen-bond donors (Lipinski definition) is 1. The largest absolute Gasteiger partial charge is 0.495 e. The van der Waals surface area contributed by atoms with Gasteiger partial charge in [-0.05, 0) is 12.1 Å². The van der Waals surface area contributed by atoms with E-state index in [2.05, 4.69) is 10.3 Å². The number of nitrogens with one attached hydrogen (secondary N) is 1. The Kier molecular flexibility index (Phi) is 6.55. The van der Waals surface area contributed by atoms with Crippen molar-refractivity contribution in [1.82, 2.24) is 4.98 Å². The minimum absolute atomic E-state index is 0.131. The number of methoxy groups -OCH3 is 2. The molecule has 0 fully saturated rings. The van der Waals surface area contributed by atoms with Crippen molar-refractivity contribution in [2.75, 3.05) is 25.3 Å². The molecule has 1 N–H and O–H groups in total. The summed E-state index contributed by atoms with van der Waals surface area (Å²) in [5, 5.41) is 3.23. The lowest BCUT2D eigenvalue weighted by Crippen LogP contribution is -2.15. The third-order valence-corrected chi connectivity index (χ3v) is 4.22. The van der Waals surface area contributed by atoms with Crippen LogP contribution < -0.4 is 14.8 Å². The van der Waals surface area contributed by atoms with Gasteiger partial charge in [0.15, 0.2) is 0 Å². The zero-order valence-electron chi connectivity index (χ0n) is 12.8. The first-order valence-electron chi connectivity index (χ1n) is 6.83. The number of aromatic nitrogens is 1. The van der Waals surface area contributed by atoms with Crippen molar-refractivity contribution in [2.24, 2.45) is 0 Å². The molecule has 0 unspecified atom stereocenters. The minimum Gasteiger partial charge on any atom is -0.495 e. The molecule has 0 spiro atoms. The van der Waals surface area contributed by atoms with E-state index in [9.17, 15) is 4.79 Å². The van der Waals surface area contributed by atoms with Gasteiger partial charge in [-0.1, -0.05) is 17.7 Å². The van der Waals surface area contributed by atoms with Crippen molar-refractivity contribution < 1.29 is 14.3 Å². The molecule has 1 amide bonds. The molecule has 0 atom stereocenters. The van der Waals surface area contributed by atoms with Crippen LogP contribution in [0.15, 0.2) is 36.5 Å². The maximum Gasteiger partial charge on any atom is 0.234 e. The van der Waals surface area contributed by atoms with Gasteiger partial charge in [0.2, 0.25) is 5.91 Å². The van der Waals surface area contributed by atoms with Gasteiger partial charge in [-0.3, -0.25) is 9.78 Å². The predicted octanol–water partition coefficient (Wildman–Crippen LogP) is 3.62. The fourth-order valence-corrected chi connectivity index (χ4v) is 2.85. The molecule has 2 aromatic rings. The van der Waals surface area contributed by atoms with Gasteiger partial charge in [-0.25, -0.2) is 0 Å². The Labute approximate surface area is 144 Å². The van der Waals surface area contributed by atoms with E-state index >= 15 is 0 Å². The van der Waals surface area contributed by atoms with Crippen LogP contribution in [-0.4, -0.2) is 30.9 Å². The number of nitrogens with zero attached hydrogens (tertiary/aromatic N) is 1. The van der Waals surface area contributed by atoms with Crippen LogP contribution in [-0.2, 0) is 10.5 Å². The van der Waals surface area contributed by atoms with Crippen LogP contribution in [0.2, 0.25) is 5.02 Å². The number of benzene rings is 1. The van der Waals surface area contributed by atoms with E-state index in [0.717, 1.165) is 5.69 Å². The lowest BCUT2D eigenvalue weighted by molar-refractivity contribution is -0.113. The number of pyridine rings is 1. The Hall–Kier alpha value is -1.92. The Bertz CT molecular complexity index is 668. The maximum atomic E-state index is 12.1. The topological polar surface area (TPSA) is 60.5 Å². The molecule has 0 aliphatic rings. The number of ether oxygens (including phenoxy) is 2. The zero-order chi connectivity index (χ0) is 16.7. The first kappa shape index (κ1) is 17.4. The van der Waals surface area contributed by atoms with Gasteiger partial charge in [0.25, 0.3) is 0 Å². The summed E-state index contributed by atoms with van der Waals surface area (Å²) in [7, 11) is 3.03. The number of hydrogen-bond acceptors (Lipinski definition) is 5. The van der Waals surface area contributed by atoms with Crippen molar-refractivity contribution in [3.05, 3.63) is 47.2 Å². The molecule has 5 nitrogen and oxygen atoms in total. The summed E-state index contributed by atoms with van der Waals surface area (Å²) in [5.74, 6) is 1.82. The molecule has 0 aliphatic carbocycles. The fraction of sp³-hybridized carbons (Fsp3) is 0.250. The summed E-state index contributed by atoms with van der Waals surface area (Å²) in [6, 6.07) is 8.96. The maximum absolute atomic E-state index is 12.1. The number of anilines is 1. The van der Waals surface area contributed by atoms with Gasteiger partial charge >= 0.3 is 0 Å². The first-order valence-corrected chi connectivity index (χ1v) is 8.36. The van der Waals surface area contributed by atoms with E-state index in [4.69, 9.17) is 21.1 Å². The van der Waals surface area contributed by atoms with Crippen LogP contribution in [0.25, 0.3) is 0 Å². The summed E-state index contributed by atoms with van der Waals surface area (Å²) in [5.41, 5.74) is 1.47. The highest BCUT2D eigenvalue weighted by molar-refractivity contribution is 7.99. The third kappa shape index (κ3) is 5.04. The second-order valence-corrected chi connectivity index (χ2v) is 5.94. The molecule has 7 heteroatoms. The van der Waals surface area contributed by atoms with Crippen molar-refractivity contribution in [3.63, 3.8) is 0 Å². The number of halogens is 1. The second-order valence-electron chi connectivity index (χ2n) is 4.55. The highest BCUT2D eigenvalue weighted by Gasteiger charge is 2.12. The Morgan fingerprint density at radius 3 is 2.70 bits per heavy atom. The highest BCUT2D eigenvalue weighted by atomic mass is 35.5. The van der Waals surface area contributed by atoms with Crippen LogP contribution in [0.1, 0.15) is 5.69 Å². The van der Waals surface area contributed by atoms with Gasteiger partial charge in [0.1, 0.15) is 11.5 Å². The summed E-state index contributed by atoms with van der Waals surface area (Å²) >= 11 is 7.53. The molecule has 23 heavy (non-hydrogen) atoms. The summed E-state index contributed by atoms with van der Waals surface area (Å²) in [6.07, 6.45) is 1.74. The molecule has 1 heterocycles. The summed E-state index contributed by atoms with van der Waals surface area (Å²) in [6.45, 7) is 0. The highest BCUT2D eigenvalue weighted by Crippen LogP contribution is 2.35. The number of amides is 1. The first-order chi connectivity index (χ1) is 11.1. The number of rotatable bonds is 7. The molecule has 0 bridgehead atoms. The number of carbonyl (C=O) groups excluding carboxylic acids is 1. The molecular formula is C16H17ClN2O3S. The molecule has 2 rings (SSSR count). The van der Waals surface area contributed by atoms with E-state index in [1.54, 1.807) is 18.3 Å². The monoisotopic (exact) mass is 352 g/mol. The summed E-state index contributed by atoms with van der Waals surface area (Å²) in [4.78, 5) is 16.3. The molecular weight excluding hydrogens is 336 g/mol. The Balaban J connectivity index is 1.94. The average Bonchev–Trinajstić information content (AvgIpc) is 2.57. The van der Waals surface area contributed by atoms with Crippen molar-refractivity contribution in [3.8, 4) is 11.5 Å². The van der Waals surface area contributed by atoms with Crippen molar-refractivity contribution in [2.45, 2.75) is 5.75 Å². The second kappa shape index (κ2) is 8.64. The Morgan fingerprint density at radius 1 is 1.26 bits per heavy atom. The lowest BCUT2D eigenvalue weighted by atomic mass is 10.2. The SMILES string of the molecule is COc1cc(NC(=O)CSCc2ccccn2)c(OC)cc1Cl. The summed E-state index contributed by atoms with van der Waals surface area (Å²) < 4.78 is 10.4. The number of carbonyl (C=O) groups is 1. The van der Waals surface area contributed by atoms with Gasteiger partial charge in [0, 0.05) is 24.1 Å². The van der Waals surface area contributed by atoms with Crippen LogP contribution in [0.4, 0.5) is 5.69 Å². The molecule has 0 aliphatic heterocycles. The Morgan fingerprint density at radius 2 is 2.04 bits per heavy atom. The van der Waals surface area contributed by atoms with Gasteiger partial charge < -0.3 is 14.8 Å². The van der Waals surface area contributed by atoms with Crippen molar-refractivity contribution in [1.29, 1.82) is 0 Å². The average molecular weight is 353 g/mol. The third-order valence-electron chi connectivity index (χ3n) is 2.96. The van der Waals surface area contributed by atoms with E-state index in [0.29, 0.717) is 33.7 Å². The van der Waals surface area contributed by atoms with E-state index in [1.165, 1.54) is 26.0 Å². The van der Waals surface area contributed by atoms with Crippen LogP contribution in [0, 0.1) is 0 Å². The predicted molar refractivity (Wildman–Crippen MR) is 93.6 cm³/mol. The minimum atomic E-state index is -0.131. The molecule has 1 aromatic carbocycles. The van der Waals surface area contributed by atoms with E-state index in [1.807, 2.05) is 18.2 Å². The van der Waals surface area contributed by atoms with Gasteiger partial charge in [-0.2, -0.15) is 0 Å². The zero-order valence-corrected chi connectivity index (χ0v) is 14.4. The van der Waals surface area contributed by atoms with Crippen LogP contribution in [0.3, 0.4) is 0 Å². The van der Waals surface area contributed by atoms with E-state index < -0.39 is 0 Å².